The lowest BCUT2D eigenvalue weighted by Crippen LogP contribution is -2.38. The Kier molecular flexibility index (Phi) is 6.26. The summed E-state index contributed by atoms with van der Waals surface area (Å²) in [6.07, 6.45) is -2.17. The highest BCUT2D eigenvalue weighted by Crippen LogP contribution is 2.37. The summed E-state index contributed by atoms with van der Waals surface area (Å²) in [6, 6.07) is 9.02. The van der Waals surface area contributed by atoms with Crippen molar-refractivity contribution in [2.24, 2.45) is 0 Å². The summed E-state index contributed by atoms with van der Waals surface area (Å²) >= 11 is 0. The van der Waals surface area contributed by atoms with Gasteiger partial charge in [-0.3, -0.25) is 4.79 Å². The van der Waals surface area contributed by atoms with Gasteiger partial charge in [-0.25, -0.2) is 9.97 Å². The number of likely N-dealkylation sites (tertiary alicyclic amines) is 1. The third kappa shape index (κ3) is 4.79. The van der Waals surface area contributed by atoms with E-state index in [-0.39, 0.29) is 11.5 Å². The first-order valence-electron chi connectivity index (χ1n) is 10.3. The van der Waals surface area contributed by atoms with Gasteiger partial charge in [-0.1, -0.05) is 12.1 Å². The van der Waals surface area contributed by atoms with Crippen LogP contribution in [0.2, 0.25) is 0 Å². The Morgan fingerprint density at radius 3 is 2.33 bits per heavy atom. The van der Waals surface area contributed by atoms with E-state index in [1.807, 2.05) is 6.07 Å². The number of piperidine rings is 1. The number of amides is 1. The number of hydrogen-bond donors (Lipinski definition) is 0. The molecule has 7 nitrogen and oxygen atoms in total. The van der Waals surface area contributed by atoms with E-state index in [0.29, 0.717) is 37.4 Å². The molecule has 0 saturated carbocycles. The van der Waals surface area contributed by atoms with E-state index in [1.54, 1.807) is 25.2 Å². The first-order chi connectivity index (χ1) is 15.8. The molecular formula is C23H22F3N3O4. The van der Waals surface area contributed by atoms with Crippen LogP contribution in [0, 0.1) is 0 Å². The lowest BCUT2D eigenvalue weighted by Gasteiger charge is -2.32. The lowest BCUT2D eigenvalue weighted by molar-refractivity contribution is -0.274. The molecule has 0 bridgehead atoms. The average molecular weight is 461 g/mol. The van der Waals surface area contributed by atoms with Gasteiger partial charge in [0, 0.05) is 30.5 Å². The van der Waals surface area contributed by atoms with E-state index < -0.39 is 18.0 Å². The van der Waals surface area contributed by atoms with E-state index >= 15 is 0 Å². The molecule has 33 heavy (non-hydrogen) atoms. The second-order valence-electron chi connectivity index (χ2n) is 7.59. The number of nitrogens with zero attached hydrogens (tertiary/aromatic N) is 3. The first-order valence-corrected chi connectivity index (χ1v) is 10.3. The van der Waals surface area contributed by atoms with Gasteiger partial charge in [-0.2, -0.15) is 0 Å². The van der Waals surface area contributed by atoms with Crippen LogP contribution in [0.15, 0.2) is 42.7 Å². The minimum absolute atomic E-state index is 0.0549. The molecule has 0 unspecified atom stereocenters. The SMILES string of the molecule is COc1cc2ncnc(C3CCN(C(=O)c4ccccc4OC(F)(F)F)CC3)c2cc1OC. The number of methoxy groups -OCH3 is 2. The quantitative estimate of drug-likeness (QED) is 0.555. The van der Waals surface area contributed by atoms with Crippen molar-refractivity contribution in [3.05, 3.63) is 54.0 Å². The number of para-hydroxylation sites is 1. The molecule has 1 fully saturated rings. The van der Waals surface area contributed by atoms with Gasteiger partial charge in [0.15, 0.2) is 11.5 Å². The molecule has 4 rings (SSSR count). The van der Waals surface area contributed by atoms with Crippen LogP contribution < -0.4 is 14.2 Å². The Morgan fingerprint density at radius 2 is 1.67 bits per heavy atom. The smallest absolute Gasteiger partial charge is 0.493 e. The third-order valence-corrected chi connectivity index (χ3v) is 5.68. The zero-order valence-electron chi connectivity index (χ0n) is 18.1. The second-order valence-corrected chi connectivity index (χ2v) is 7.59. The van der Waals surface area contributed by atoms with Crippen LogP contribution in [-0.4, -0.2) is 54.4 Å². The largest absolute Gasteiger partial charge is 0.573 e. The number of carbonyl (C=O) groups excluding carboxylic acids is 1. The van der Waals surface area contributed by atoms with Crippen LogP contribution in [0.25, 0.3) is 10.9 Å². The van der Waals surface area contributed by atoms with E-state index in [4.69, 9.17) is 9.47 Å². The maximum absolute atomic E-state index is 12.9. The van der Waals surface area contributed by atoms with E-state index in [9.17, 15) is 18.0 Å². The van der Waals surface area contributed by atoms with Crippen LogP contribution in [-0.2, 0) is 0 Å². The molecule has 0 N–H and O–H groups in total. The molecule has 0 spiro atoms. The zero-order valence-corrected chi connectivity index (χ0v) is 18.1. The molecule has 1 saturated heterocycles. The van der Waals surface area contributed by atoms with Crippen LogP contribution in [0.4, 0.5) is 13.2 Å². The van der Waals surface area contributed by atoms with E-state index in [0.717, 1.165) is 22.7 Å². The number of ether oxygens (including phenoxy) is 3. The molecule has 3 aromatic rings. The number of carbonyl (C=O) groups is 1. The number of halogens is 3. The number of aromatic nitrogens is 2. The number of alkyl halides is 3. The van der Waals surface area contributed by atoms with Crippen LogP contribution in [0.5, 0.6) is 17.2 Å². The van der Waals surface area contributed by atoms with Crippen molar-refractivity contribution < 1.29 is 32.2 Å². The maximum atomic E-state index is 12.9. The molecule has 1 aliphatic heterocycles. The van der Waals surface area contributed by atoms with Crippen molar-refractivity contribution in [2.75, 3.05) is 27.3 Å². The van der Waals surface area contributed by atoms with Crippen molar-refractivity contribution in [1.82, 2.24) is 14.9 Å². The molecule has 0 atom stereocenters. The van der Waals surface area contributed by atoms with Crippen molar-refractivity contribution >= 4 is 16.8 Å². The Morgan fingerprint density at radius 1 is 1.00 bits per heavy atom. The molecule has 0 aliphatic carbocycles. The summed E-state index contributed by atoms with van der Waals surface area (Å²) in [5.74, 6) is 0.191. The Bertz CT molecular complexity index is 1160. The maximum Gasteiger partial charge on any atom is 0.573 e. The number of hydrogen-bond acceptors (Lipinski definition) is 6. The average Bonchev–Trinajstić information content (AvgIpc) is 2.81. The summed E-state index contributed by atoms with van der Waals surface area (Å²) in [6.45, 7) is 0.755. The predicted octanol–water partition coefficient (Wildman–Crippen LogP) is 4.57. The number of fused-ring (bicyclic) bond motifs is 1. The van der Waals surface area contributed by atoms with Gasteiger partial charge in [0.05, 0.1) is 31.0 Å². The van der Waals surface area contributed by atoms with Gasteiger partial charge in [-0.15, -0.1) is 13.2 Å². The third-order valence-electron chi connectivity index (χ3n) is 5.68. The van der Waals surface area contributed by atoms with Gasteiger partial charge in [0.25, 0.3) is 5.91 Å². The zero-order chi connectivity index (χ0) is 23.6. The molecule has 1 aliphatic rings. The normalized spacial score (nSPS) is 14.9. The Balaban J connectivity index is 1.53. The minimum atomic E-state index is -4.87. The Labute approximate surface area is 188 Å². The molecule has 1 aromatic heterocycles. The number of benzene rings is 2. The summed E-state index contributed by atoms with van der Waals surface area (Å²) in [5, 5.41) is 0.837. The van der Waals surface area contributed by atoms with Crippen molar-refractivity contribution in [2.45, 2.75) is 25.1 Å². The second kappa shape index (κ2) is 9.13. The van der Waals surface area contributed by atoms with Crippen LogP contribution in [0.3, 0.4) is 0 Å². The molecule has 174 valence electrons. The molecule has 0 radical (unpaired) electrons. The molecule has 2 aromatic carbocycles. The van der Waals surface area contributed by atoms with Gasteiger partial charge in [0.2, 0.25) is 0 Å². The molecular weight excluding hydrogens is 439 g/mol. The molecule has 2 heterocycles. The van der Waals surface area contributed by atoms with Gasteiger partial charge in [0.1, 0.15) is 12.1 Å². The van der Waals surface area contributed by atoms with E-state index in [2.05, 4.69) is 14.7 Å². The van der Waals surface area contributed by atoms with Gasteiger partial charge >= 0.3 is 6.36 Å². The molecule has 10 heteroatoms. The monoisotopic (exact) mass is 461 g/mol. The fraction of sp³-hybridized carbons (Fsp3) is 0.348. The fourth-order valence-corrected chi connectivity index (χ4v) is 4.11. The summed E-state index contributed by atoms with van der Waals surface area (Å²) < 4.78 is 52.9. The summed E-state index contributed by atoms with van der Waals surface area (Å²) in [5.41, 5.74) is 1.45. The Hall–Kier alpha value is -3.56. The predicted molar refractivity (Wildman–Crippen MR) is 114 cm³/mol. The van der Waals surface area contributed by atoms with Gasteiger partial charge < -0.3 is 19.1 Å². The summed E-state index contributed by atoms with van der Waals surface area (Å²) in [4.78, 5) is 23.3. The van der Waals surface area contributed by atoms with E-state index in [1.165, 1.54) is 24.5 Å². The highest BCUT2D eigenvalue weighted by atomic mass is 19.4. The highest BCUT2D eigenvalue weighted by molar-refractivity contribution is 5.97. The van der Waals surface area contributed by atoms with Gasteiger partial charge in [-0.05, 0) is 31.0 Å². The summed E-state index contributed by atoms with van der Waals surface area (Å²) in [7, 11) is 3.11. The lowest BCUT2D eigenvalue weighted by atomic mass is 9.90. The van der Waals surface area contributed by atoms with Crippen molar-refractivity contribution in [1.29, 1.82) is 0 Å². The van der Waals surface area contributed by atoms with Crippen LogP contribution >= 0.6 is 0 Å². The topological polar surface area (TPSA) is 73.8 Å². The highest BCUT2D eigenvalue weighted by Gasteiger charge is 2.34. The minimum Gasteiger partial charge on any atom is -0.493 e. The molecule has 1 amide bonds. The standard InChI is InChI=1S/C23H22F3N3O4/c1-31-19-11-16-17(12-20(19)32-2)27-13-28-21(16)14-7-9-29(10-8-14)22(30)15-5-3-4-6-18(15)33-23(24,25)26/h3-6,11-14H,7-10H2,1-2H3. The van der Waals surface area contributed by atoms with Crippen molar-refractivity contribution in [3.8, 4) is 17.2 Å². The van der Waals surface area contributed by atoms with Crippen LogP contribution in [0.1, 0.15) is 34.8 Å². The number of rotatable bonds is 5. The fourth-order valence-electron chi connectivity index (χ4n) is 4.11. The van der Waals surface area contributed by atoms with Crippen molar-refractivity contribution in [3.63, 3.8) is 0 Å². The first kappa shape index (κ1) is 22.6.